The van der Waals surface area contributed by atoms with Crippen LogP contribution in [0, 0.1) is 0 Å². The highest BCUT2D eigenvalue weighted by Crippen LogP contribution is 2.24. The number of thioether (sulfide) groups is 1. The molecule has 0 unspecified atom stereocenters. The predicted molar refractivity (Wildman–Crippen MR) is 126 cm³/mol. The van der Waals surface area contributed by atoms with Gasteiger partial charge in [-0.15, -0.1) is 11.8 Å². The lowest BCUT2D eigenvalue weighted by molar-refractivity contribution is -0.121. The van der Waals surface area contributed by atoms with Crippen LogP contribution in [0.15, 0.2) is 93.3 Å². The molecule has 0 spiro atoms. The van der Waals surface area contributed by atoms with E-state index in [1.807, 2.05) is 71.3 Å². The molecule has 0 fully saturated rings. The predicted octanol–water partition coefficient (Wildman–Crippen LogP) is 5.24. The average molecular weight is 479 g/mol. The summed E-state index contributed by atoms with van der Waals surface area (Å²) in [6.07, 6.45) is 1.63. The number of nitrogens with one attached hydrogen (secondary N) is 1. The number of amides is 1. The van der Waals surface area contributed by atoms with Gasteiger partial charge in [-0.3, -0.25) is 4.79 Å². The van der Waals surface area contributed by atoms with Crippen molar-refractivity contribution in [1.82, 2.24) is 15.0 Å². The number of hydrogen-bond donors (Lipinski definition) is 1. The van der Waals surface area contributed by atoms with Crippen LogP contribution in [0.5, 0.6) is 0 Å². The highest BCUT2D eigenvalue weighted by atomic mass is 79.9. The van der Waals surface area contributed by atoms with Crippen LogP contribution in [-0.2, 0) is 17.1 Å². The fraction of sp³-hybridized carbons (Fsp3) is 0.0870. The molecule has 4 rings (SSSR count). The standard InChI is InChI=1S/C23H19BrN4OS/c24-18-12-10-17(11-13-18)14-25-27-23(29)15-28-21-9-5-4-8-20(21)26-22(28)16-30-19-6-2-1-3-7-19/h1-14H,15-16H2,(H,27,29). The molecule has 0 aliphatic heterocycles. The smallest absolute Gasteiger partial charge is 0.260 e. The molecule has 0 bridgehead atoms. The lowest BCUT2D eigenvalue weighted by Gasteiger charge is -2.08. The molecular formula is C23H19BrN4OS. The number of nitrogens with zero attached hydrogens (tertiary/aromatic N) is 3. The van der Waals surface area contributed by atoms with E-state index in [9.17, 15) is 4.79 Å². The largest absolute Gasteiger partial charge is 0.318 e. The first-order valence-corrected chi connectivity index (χ1v) is 11.2. The van der Waals surface area contributed by atoms with Gasteiger partial charge in [-0.25, -0.2) is 10.4 Å². The van der Waals surface area contributed by atoms with E-state index in [1.54, 1.807) is 18.0 Å². The third-order valence-corrected chi connectivity index (χ3v) is 5.96. The first kappa shape index (κ1) is 20.4. The first-order valence-electron chi connectivity index (χ1n) is 9.38. The second kappa shape index (κ2) is 9.73. The molecule has 0 radical (unpaired) electrons. The maximum Gasteiger partial charge on any atom is 0.260 e. The van der Waals surface area contributed by atoms with Gasteiger partial charge in [-0.05, 0) is 42.0 Å². The number of rotatable bonds is 7. The van der Waals surface area contributed by atoms with E-state index < -0.39 is 0 Å². The zero-order valence-corrected chi connectivity index (χ0v) is 18.4. The molecule has 5 nitrogen and oxygen atoms in total. The van der Waals surface area contributed by atoms with Gasteiger partial charge >= 0.3 is 0 Å². The lowest BCUT2D eigenvalue weighted by atomic mass is 10.2. The maximum atomic E-state index is 12.5. The van der Waals surface area contributed by atoms with E-state index in [4.69, 9.17) is 4.98 Å². The van der Waals surface area contributed by atoms with Gasteiger partial charge in [0.25, 0.3) is 5.91 Å². The van der Waals surface area contributed by atoms with E-state index in [-0.39, 0.29) is 12.5 Å². The van der Waals surface area contributed by atoms with Crippen LogP contribution >= 0.6 is 27.7 Å². The van der Waals surface area contributed by atoms with Crippen molar-refractivity contribution in [3.63, 3.8) is 0 Å². The highest BCUT2D eigenvalue weighted by Gasteiger charge is 2.13. The van der Waals surface area contributed by atoms with E-state index in [1.165, 1.54) is 4.90 Å². The summed E-state index contributed by atoms with van der Waals surface area (Å²) in [6, 6.07) is 25.7. The summed E-state index contributed by atoms with van der Waals surface area (Å²) in [6.45, 7) is 0.156. The minimum atomic E-state index is -0.197. The maximum absolute atomic E-state index is 12.5. The van der Waals surface area contributed by atoms with Crippen LogP contribution in [0.3, 0.4) is 0 Å². The molecule has 3 aromatic carbocycles. The van der Waals surface area contributed by atoms with Gasteiger partial charge in [0.2, 0.25) is 0 Å². The van der Waals surface area contributed by atoms with Gasteiger partial charge in [0, 0.05) is 9.37 Å². The minimum Gasteiger partial charge on any atom is -0.318 e. The summed E-state index contributed by atoms with van der Waals surface area (Å²) >= 11 is 5.10. The fourth-order valence-electron chi connectivity index (χ4n) is 2.98. The summed E-state index contributed by atoms with van der Waals surface area (Å²) in [5.74, 6) is 1.34. The van der Waals surface area contributed by atoms with Gasteiger partial charge in [-0.1, -0.05) is 58.4 Å². The molecule has 0 saturated heterocycles. The van der Waals surface area contributed by atoms with Crippen molar-refractivity contribution in [2.45, 2.75) is 17.2 Å². The number of halogens is 1. The molecule has 0 aliphatic rings. The summed E-state index contributed by atoms with van der Waals surface area (Å²) in [4.78, 5) is 18.4. The second-order valence-corrected chi connectivity index (χ2v) is 8.51. The number of para-hydroxylation sites is 2. The molecule has 7 heteroatoms. The quantitative estimate of drug-likeness (QED) is 0.224. The number of hydrazone groups is 1. The molecule has 30 heavy (non-hydrogen) atoms. The van der Waals surface area contributed by atoms with E-state index in [2.05, 4.69) is 38.6 Å². The van der Waals surface area contributed by atoms with Gasteiger partial charge < -0.3 is 4.57 Å². The molecular weight excluding hydrogens is 460 g/mol. The Morgan fingerprint density at radius 2 is 1.77 bits per heavy atom. The van der Waals surface area contributed by atoms with Gasteiger partial charge in [-0.2, -0.15) is 5.10 Å². The average Bonchev–Trinajstić information content (AvgIpc) is 3.12. The number of carbonyl (C=O) groups excluding carboxylic acids is 1. The molecule has 150 valence electrons. The van der Waals surface area contributed by atoms with Gasteiger partial charge in [0.15, 0.2) is 0 Å². The number of benzene rings is 3. The Morgan fingerprint density at radius 1 is 1.03 bits per heavy atom. The van der Waals surface area contributed by atoms with Crippen molar-refractivity contribution < 1.29 is 4.79 Å². The third kappa shape index (κ3) is 5.17. The van der Waals surface area contributed by atoms with Crippen LogP contribution in [0.1, 0.15) is 11.4 Å². The normalized spacial score (nSPS) is 11.2. The van der Waals surface area contributed by atoms with E-state index in [0.717, 1.165) is 26.9 Å². The number of fused-ring (bicyclic) bond motifs is 1. The molecule has 0 atom stereocenters. The SMILES string of the molecule is O=C(Cn1c(CSc2ccccc2)nc2ccccc21)NN=Cc1ccc(Br)cc1. The number of imidazole rings is 1. The summed E-state index contributed by atoms with van der Waals surface area (Å²) in [5, 5.41) is 4.08. The Kier molecular flexibility index (Phi) is 6.61. The fourth-order valence-corrected chi connectivity index (χ4v) is 4.11. The van der Waals surface area contributed by atoms with Crippen LogP contribution < -0.4 is 5.43 Å². The molecule has 0 saturated carbocycles. The van der Waals surface area contributed by atoms with Crippen molar-refractivity contribution >= 4 is 50.8 Å². The molecule has 1 aromatic heterocycles. The van der Waals surface area contributed by atoms with E-state index in [0.29, 0.717) is 5.75 Å². The van der Waals surface area contributed by atoms with Crippen molar-refractivity contribution in [3.05, 3.63) is 94.7 Å². The van der Waals surface area contributed by atoms with Crippen LogP contribution in [-0.4, -0.2) is 21.7 Å². The zero-order chi connectivity index (χ0) is 20.8. The van der Waals surface area contributed by atoms with Crippen molar-refractivity contribution in [1.29, 1.82) is 0 Å². The molecule has 1 heterocycles. The number of carbonyl (C=O) groups is 1. The van der Waals surface area contributed by atoms with Crippen LogP contribution in [0.4, 0.5) is 0 Å². The summed E-state index contributed by atoms with van der Waals surface area (Å²) < 4.78 is 2.95. The Hall–Kier alpha value is -2.90. The van der Waals surface area contributed by atoms with Crippen molar-refractivity contribution in [3.8, 4) is 0 Å². The molecule has 1 amide bonds. The number of hydrogen-bond acceptors (Lipinski definition) is 4. The molecule has 4 aromatic rings. The summed E-state index contributed by atoms with van der Waals surface area (Å²) in [7, 11) is 0. The van der Waals surface area contributed by atoms with E-state index >= 15 is 0 Å². The molecule has 0 aliphatic carbocycles. The first-order chi connectivity index (χ1) is 14.7. The van der Waals surface area contributed by atoms with Crippen LogP contribution in [0.25, 0.3) is 11.0 Å². The second-order valence-electron chi connectivity index (χ2n) is 6.55. The highest BCUT2D eigenvalue weighted by molar-refractivity contribution is 9.10. The third-order valence-electron chi connectivity index (χ3n) is 4.42. The Bertz CT molecular complexity index is 1170. The van der Waals surface area contributed by atoms with Crippen molar-refractivity contribution in [2.75, 3.05) is 0 Å². The van der Waals surface area contributed by atoms with Crippen molar-refractivity contribution in [2.24, 2.45) is 5.10 Å². The lowest BCUT2D eigenvalue weighted by Crippen LogP contribution is -2.24. The monoisotopic (exact) mass is 478 g/mol. The molecule has 1 N–H and O–H groups in total. The van der Waals surface area contributed by atoms with Gasteiger partial charge in [0.05, 0.1) is 23.0 Å². The minimum absolute atomic E-state index is 0.156. The van der Waals surface area contributed by atoms with Crippen LogP contribution in [0.2, 0.25) is 0 Å². The number of aromatic nitrogens is 2. The Labute approximate surface area is 187 Å². The zero-order valence-electron chi connectivity index (χ0n) is 16.0. The topological polar surface area (TPSA) is 59.3 Å². The van der Waals surface area contributed by atoms with Gasteiger partial charge in [0.1, 0.15) is 12.4 Å². The Balaban J connectivity index is 1.47. The Morgan fingerprint density at radius 3 is 2.57 bits per heavy atom. The summed E-state index contributed by atoms with van der Waals surface area (Å²) in [5.41, 5.74) is 5.34.